The Morgan fingerprint density at radius 3 is 1.92 bits per heavy atom. The zero-order valence-electron chi connectivity index (χ0n) is 7.77. The van der Waals surface area contributed by atoms with Gasteiger partial charge in [-0.1, -0.05) is 0 Å². The maximum atomic E-state index is 9.75. The highest BCUT2D eigenvalue weighted by molar-refractivity contribution is 6.50. The fourth-order valence-corrected chi connectivity index (χ4v) is 0.998. The molecule has 7 heteroatoms. The lowest BCUT2D eigenvalue weighted by molar-refractivity contribution is -1.07. The van der Waals surface area contributed by atoms with Gasteiger partial charge < -0.3 is 17.3 Å². The third kappa shape index (κ3) is 8.05. The third-order valence-electron chi connectivity index (χ3n) is 1.85. The van der Waals surface area contributed by atoms with Crippen molar-refractivity contribution < 1.29 is 26.7 Å². The number of quaternary nitrogens is 1. The van der Waals surface area contributed by atoms with Crippen LogP contribution in [0.4, 0.5) is 17.3 Å². The first kappa shape index (κ1) is 12.7. The maximum Gasteiger partial charge on any atom is 0.673 e. The zero-order valence-corrected chi connectivity index (χ0v) is 7.77. The summed E-state index contributed by atoms with van der Waals surface area (Å²) in [6, 6.07) is 0. The van der Waals surface area contributed by atoms with Crippen molar-refractivity contribution in [2.75, 3.05) is 26.7 Å². The summed E-state index contributed by atoms with van der Waals surface area (Å²) in [4.78, 5) is 5.43. The fraction of sp³-hybridized carbons (Fsp3) is 1.00. The van der Waals surface area contributed by atoms with Crippen LogP contribution in [0.1, 0.15) is 13.3 Å². The maximum absolute atomic E-state index is 9.75. The first-order chi connectivity index (χ1) is 5.77. The molecule has 0 radical (unpaired) electrons. The molecule has 0 aromatic carbocycles. The Labute approximate surface area is 75.1 Å². The van der Waals surface area contributed by atoms with Gasteiger partial charge in [0.1, 0.15) is 19.7 Å². The fourth-order valence-electron chi connectivity index (χ4n) is 0.998. The highest BCUT2D eigenvalue weighted by Gasteiger charge is 2.26. The van der Waals surface area contributed by atoms with Gasteiger partial charge in [-0.25, -0.2) is 4.84 Å². The minimum absolute atomic E-state index is 0.819. The molecule has 13 heavy (non-hydrogen) atoms. The highest BCUT2D eigenvalue weighted by atomic mass is 19.5. The van der Waals surface area contributed by atoms with E-state index in [9.17, 15) is 17.3 Å². The second kappa shape index (κ2) is 4.81. The van der Waals surface area contributed by atoms with Crippen molar-refractivity contribution in [3.05, 3.63) is 0 Å². The summed E-state index contributed by atoms with van der Waals surface area (Å²) in [6.07, 6.45) is 1.23. The van der Waals surface area contributed by atoms with E-state index in [0.29, 0.717) is 0 Å². The standard InChI is InChI=1S/C6H14NO.BF4/c1-3-7(2)5-4-6-8-7;2-1(3,4)5/h3-6H2,1-2H3;/q+1;-1. The van der Waals surface area contributed by atoms with Crippen LogP contribution in [0, 0.1) is 0 Å². The van der Waals surface area contributed by atoms with Gasteiger partial charge in [0.25, 0.3) is 0 Å². The zero-order chi connectivity index (χ0) is 10.5. The molecular formula is C6H14BF4NO. The molecule has 2 nitrogen and oxygen atoms in total. The highest BCUT2D eigenvalue weighted by Crippen LogP contribution is 2.12. The molecule has 0 bridgehead atoms. The Kier molecular flexibility index (Phi) is 4.70. The Morgan fingerprint density at radius 2 is 1.77 bits per heavy atom. The van der Waals surface area contributed by atoms with Gasteiger partial charge >= 0.3 is 7.25 Å². The van der Waals surface area contributed by atoms with E-state index in [4.69, 9.17) is 4.84 Å². The van der Waals surface area contributed by atoms with Crippen molar-refractivity contribution >= 4 is 7.25 Å². The van der Waals surface area contributed by atoms with Crippen LogP contribution >= 0.6 is 0 Å². The number of nitrogens with zero attached hydrogens (tertiary/aromatic N) is 1. The van der Waals surface area contributed by atoms with Crippen LogP contribution < -0.4 is 0 Å². The molecule has 0 aliphatic carbocycles. The number of halogens is 4. The summed E-state index contributed by atoms with van der Waals surface area (Å²) in [7, 11) is -3.87. The van der Waals surface area contributed by atoms with E-state index in [1.54, 1.807) is 0 Å². The summed E-state index contributed by atoms with van der Waals surface area (Å²) < 4.78 is 39.8. The van der Waals surface area contributed by atoms with Crippen molar-refractivity contribution in [2.45, 2.75) is 13.3 Å². The largest absolute Gasteiger partial charge is 0.673 e. The van der Waals surface area contributed by atoms with Gasteiger partial charge in [0, 0.05) is 6.42 Å². The topological polar surface area (TPSA) is 9.23 Å². The van der Waals surface area contributed by atoms with E-state index in [1.807, 2.05) is 0 Å². The van der Waals surface area contributed by atoms with Gasteiger partial charge in [-0.3, -0.25) is 0 Å². The first-order valence-electron chi connectivity index (χ1n) is 4.13. The van der Waals surface area contributed by atoms with Gasteiger partial charge in [0.15, 0.2) is 0 Å². The van der Waals surface area contributed by atoms with E-state index in [2.05, 4.69) is 14.0 Å². The van der Waals surface area contributed by atoms with Gasteiger partial charge in [0.2, 0.25) is 0 Å². The summed E-state index contributed by atoms with van der Waals surface area (Å²) in [5.74, 6) is 0. The van der Waals surface area contributed by atoms with E-state index in [-0.39, 0.29) is 0 Å². The molecule has 0 N–H and O–H groups in total. The SMILES string of the molecule is CC[N+]1(C)CCCO1.F[B-](F)(F)F. The van der Waals surface area contributed by atoms with E-state index >= 15 is 0 Å². The molecule has 1 aliphatic rings. The van der Waals surface area contributed by atoms with Gasteiger partial charge in [0.05, 0.1) is 7.05 Å². The second-order valence-corrected chi connectivity index (χ2v) is 3.02. The minimum atomic E-state index is -6.00. The van der Waals surface area contributed by atoms with Crippen LogP contribution in [0.2, 0.25) is 0 Å². The number of hydrogen-bond donors (Lipinski definition) is 0. The van der Waals surface area contributed by atoms with Crippen LogP contribution in [0.3, 0.4) is 0 Å². The number of hydroxylamine groups is 3. The average molecular weight is 203 g/mol. The number of rotatable bonds is 1. The van der Waals surface area contributed by atoms with Gasteiger partial charge in [-0.05, 0) is 6.92 Å². The normalized spacial score (nSPS) is 28.2. The quantitative estimate of drug-likeness (QED) is 0.360. The molecule has 1 aliphatic heterocycles. The molecule has 0 aromatic rings. The average Bonchev–Trinajstić information content (AvgIpc) is 2.34. The predicted octanol–water partition coefficient (Wildman–Crippen LogP) is 2.09. The Bertz CT molecular complexity index is 140. The molecule has 80 valence electrons. The van der Waals surface area contributed by atoms with Crippen LogP contribution in [0.25, 0.3) is 0 Å². The Morgan fingerprint density at radius 1 is 1.31 bits per heavy atom. The van der Waals surface area contributed by atoms with Gasteiger partial charge in [-0.15, -0.1) is 0 Å². The molecule has 0 amide bonds. The molecule has 0 saturated carbocycles. The van der Waals surface area contributed by atoms with Crippen LogP contribution in [-0.4, -0.2) is 38.6 Å². The molecular weight excluding hydrogens is 189 g/mol. The molecule has 0 aromatic heterocycles. The molecule has 1 saturated heterocycles. The van der Waals surface area contributed by atoms with E-state index < -0.39 is 7.25 Å². The lowest BCUT2D eigenvalue weighted by atomic mass is 10.3. The second-order valence-electron chi connectivity index (χ2n) is 3.02. The first-order valence-corrected chi connectivity index (χ1v) is 4.13. The predicted molar refractivity (Wildman–Crippen MR) is 42.3 cm³/mol. The summed E-state index contributed by atoms with van der Waals surface area (Å²) in [5.41, 5.74) is 0. The van der Waals surface area contributed by atoms with Crippen molar-refractivity contribution in [3.63, 3.8) is 0 Å². The third-order valence-corrected chi connectivity index (χ3v) is 1.85. The molecule has 1 unspecified atom stereocenters. The van der Waals surface area contributed by atoms with E-state index in [1.165, 1.54) is 13.0 Å². The monoisotopic (exact) mass is 203 g/mol. The molecule has 1 atom stereocenters. The Balaban J connectivity index is 0.000000252. The summed E-state index contributed by atoms with van der Waals surface area (Å²) in [5, 5.41) is 0. The van der Waals surface area contributed by atoms with Crippen molar-refractivity contribution in [3.8, 4) is 0 Å². The molecule has 1 heterocycles. The molecule has 1 fully saturated rings. The number of hydrogen-bond acceptors (Lipinski definition) is 1. The molecule has 1 rings (SSSR count). The van der Waals surface area contributed by atoms with Gasteiger partial charge in [-0.2, -0.15) is 4.65 Å². The lowest BCUT2D eigenvalue weighted by Gasteiger charge is -2.22. The Hall–Kier alpha value is -0.295. The van der Waals surface area contributed by atoms with E-state index in [0.717, 1.165) is 17.8 Å². The molecule has 0 spiro atoms. The summed E-state index contributed by atoms with van der Waals surface area (Å²) >= 11 is 0. The van der Waals surface area contributed by atoms with Crippen LogP contribution in [0.5, 0.6) is 0 Å². The van der Waals surface area contributed by atoms with Crippen molar-refractivity contribution in [2.24, 2.45) is 0 Å². The van der Waals surface area contributed by atoms with Crippen molar-refractivity contribution in [1.29, 1.82) is 0 Å². The van der Waals surface area contributed by atoms with Crippen LogP contribution in [0.15, 0.2) is 0 Å². The smallest absolute Gasteiger partial charge is 0.418 e. The lowest BCUT2D eigenvalue weighted by Crippen LogP contribution is -2.38. The summed E-state index contributed by atoms with van der Waals surface area (Å²) in [6.45, 7) is 5.40. The van der Waals surface area contributed by atoms with Crippen molar-refractivity contribution in [1.82, 2.24) is 0 Å². The van der Waals surface area contributed by atoms with Crippen LogP contribution in [-0.2, 0) is 4.84 Å². The minimum Gasteiger partial charge on any atom is -0.418 e.